The fourth-order valence-corrected chi connectivity index (χ4v) is 3.76. The molecular formula is C23H22N2O3. The molecular weight excluding hydrogens is 352 g/mol. The zero-order chi connectivity index (χ0) is 19.6. The molecule has 1 aliphatic heterocycles. The van der Waals surface area contributed by atoms with Gasteiger partial charge in [-0.2, -0.15) is 5.26 Å². The highest BCUT2D eigenvalue weighted by atomic mass is 16.5. The Kier molecular flexibility index (Phi) is 4.89. The molecule has 5 heteroatoms. The van der Waals surface area contributed by atoms with Crippen LogP contribution < -0.4 is 10.3 Å². The summed E-state index contributed by atoms with van der Waals surface area (Å²) in [5, 5.41) is 10.8. The molecule has 0 amide bonds. The normalized spacial score (nSPS) is 15.9. The predicted octanol–water partition coefficient (Wildman–Crippen LogP) is 3.69. The molecule has 0 radical (unpaired) electrons. The van der Waals surface area contributed by atoms with Crippen LogP contribution in [0.15, 0.2) is 59.4 Å². The second kappa shape index (κ2) is 7.49. The van der Waals surface area contributed by atoms with Crippen molar-refractivity contribution in [2.75, 3.05) is 13.2 Å². The lowest BCUT2D eigenvalue weighted by Crippen LogP contribution is -2.32. The Morgan fingerprint density at radius 1 is 1.14 bits per heavy atom. The molecule has 2 aromatic carbocycles. The van der Waals surface area contributed by atoms with Crippen molar-refractivity contribution in [2.45, 2.75) is 24.9 Å². The summed E-state index contributed by atoms with van der Waals surface area (Å²) in [7, 11) is 1.77. The quantitative estimate of drug-likeness (QED) is 0.699. The van der Waals surface area contributed by atoms with Crippen LogP contribution in [0.4, 0.5) is 0 Å². The zero-order valence-electron chi connectivity index (χ0n) is 15.9. The molecule has 1 aliphatic rings. The van der Waals surface area contributed by atoms with Crippen molar-refractivity contribution < 1.29 is 9.47 Å². The lowest BCUT2D eigenvalue weighted by molar-refractivity contribution is 0.0674. The molecule has 1 aromatic heterocycles. The zero-order valence-corrected chi connectivity index (χ0v) is 15.9. The van der Waals surface area contributed by atoms with Gasteiger partial charge in [0.05, 0.1) is 17.0 Å². The van der Waals surface area contributed by atoms with Crippen LogP contribution in [0.25, 0.3) is 10.9 Å². The minimum atomic E-state index is -0.495. The molecule has 0 bridgehead atoms. The van der Waals surface area contributed by atoms with Gasteiger partial charge in [0.25, 0.3) is 5.56 Å². The van der Waals surface area contributed by atoms with E-state index in [-0.39, 0.29) is 5.56 Å². The number of hydrogen-bond donors (Lipinski definition) is 0. The van der Waals surface area contributed by atoms with E-state index in [2.05, 4.69) is 6.07 Å². The van der Waals surface area contributed by atoms with Crippen LogP contribution >= 0.6 is 0 Å². The van der Waals surface area contributed by atoms with Crippen LogP contribution in [0.5, 0.6) is 5.75 Å². The topological polar surface area (TPSA) is 64.2 Å². The molecule has 142 valence electrons. The van der Waals surface area contributed by atoms with Crippen molar-refractivity contribution in [1.82, 2.24) is 4.57 Å². The molecule has 2 heterocycles. The highest BCUT2D eigenvalue weighted by Gasteiger charge is 2.34. The van der Waals surface area contributed by atoms with Gasteiger partial charge in [-0.3, -0.25) is 4.79 Å². The largest absolute Gasteiger partial charge is 0.489 e. The third-order valence-electron chi connectivity index (χ3n) is 5.54. The first-order chi connectivity index (χ1) is 13.6. The van der Waals surface area contributed by atoms with Gasteiger partial charge >= 0.3 is 0 Å². The van der Waals surface area contributed by atoms with Gasteiger partial charge in [-0.15, -0.1) is 0 Å². The number of aryl methyl sites for hydroxylation is 1. The van der Waals surface area contributed by atoms with Crippen molar-refractivity contribution in [3.8, 4) is 11.8 Å². The van der Waals surface area contributed by atoms with Crippen molar-refractivity contribution in [2.24, 2.45) is 7.05 Å². The summed E-state index contributed by atoms with van der Waals surface area (Å²) in [6.45, 7) is 1.64. The van der Waals surface area contributed by atoms with Gasteiger partial charge < -0.3 is 14.0 Å². The SMILES string of the molecule is Cn1c(=O)ccc2cc(COc3cccc(C4(C#N)CCOCC4)c3)ccc21. The molecule has 0 unspecified atom stereocenters. The van der Waals surface area contributed by atoms with Crippen LogP contribution in [-0.4, -0.2) is 17.8 Å². The summed E-state index contributed by atoms with van der Waals surface area (Å²) in [5.41, 5.74) is 2.40. The average molecular weight is 374 g/mol. The summed E-state index contributed by atoms with van der Waals surface area (Å²) in [6.07, 6.45) is 1.41. The van der Waals surface area contributed by atoms with E-state index < -0.39 is 5.41 Å². The first kappa shape index (κ1) is 18.3. The first-order valence-corrected chi connectivity index (χ1v) is 9.42. The van der Waals surface area contributed by atoms with Crippen molar-refractivity contribution in [1.29, 1.82) is 5.26 Å². The summed E-state index contributed by atoms with van der Waals surface area (Å²) >= 11 is 0. The fraction of sp³-hybridized carbons (Fsp3) is 0.304. The van der Waals surface area contributed by atoms with Crippen molar-refractivity contribution >= 4 is 10.9 Å². The van der Waals surface area contributed by atoms with Gasteiger partial charge in [0.2, 0.25) is 0 Å². The summed E-state index contributed by atoms with van der Waals surface area (Å²) in [5.74, 6) is 0.749. The Bertz CT molecular complexity index is 1100. The number of pyridine rings is 1. The third kappa shape index (κ3) is 3.39. The van der Waals surface area contributed by atoms with Gasteiger partial charge in [0, 0.05) is 26.3 Å². The van der Waals surface area contributed by atoms with Gasteiger partial charge in [-0.05, 0) is 59.7 Å². The maximum absolute atomic E-state index is 11.7. The molecule has 1 saturated heterocycles. The number of rotatable bonds is 4. The number of aromatic nitrogens is 1. The van der Waals surface area contributed by atoms with E-state index in [0.29, 0.717) is 32.7 Å². The molecule has 28 heavy (non-hydrogen) atoms. The molecule has 0 spiro atoms. The Hall–Kier alpha value is -3.10. The first-order valence-electron chi connectivity index (χ1n) is 9.42. The van der Waals surface area contributed by atoms with E-state index in [1.165, 1.54) is 0 Å². The number of hydrogen-bond acceptors (Lipinski definition) is 4. The second-order valence-corrected chi connectivity index (χ2v) is 7.25. The van der Waals surface area contributed by atoms with Gasteiger partial charge in [-0.25, -0.2) is 0 Å². The molecule has 4 rings (SSSR count). The maximum Gasteiger partial charge on any atom is 0.250 e. The number of ether oxygens (including phenoxy) is 2. The third-order valence-corrected chi connectivity index (χ3v) is 5.54. The molecule has 0 atom stereocenters. The van der Waals surface area contributed by atoms with Crippen molar-refractivity contribution in [3.63, 3.8) is 0 Å². The van der Waals surface area contributed by atoms with E-state index >= 15 is 0 Å². The average Bonchev–Trinajstić information content (AvgIpc) is 2.75. The van der Waals surface area contributed by atoms with Gasteiger partial charge in [-0.1, -0.05) is 18.2 Å². The van der Waals surface area contributed by atoms with Crippen LogP contribution in [-0.2, 0) is 23.8 Å². The smallest absolute Gasteiger partial charge is 0.250 e. The molecule has 5 nitrogen and oxygen atoms in total. The Morgan fingerprint density at radius 2 is 1.96 bits per heavy atom. The van der Waals surface area contributed by atoms with E-state index in [4.69, 9.17) is 9.47 Å². The van der Waals surface area contributed by atoms with E-state index in [9.17, 15) is 10.1 Å². The lowest BCUT2D eigenvalue weighted by Gasteiger charge is -2.31. The van der Waals surface area contributed by atoms with E-state index in [1.54, 1.807) is 17.7 Å². The lowest BCUT2D eigenvalue weighted by atomic mass is 9.75. The standard InChI is InChI=1S/C23H22N2O3/c1-25-21-7-5-17(13-18(21)6-8-22(25)26)15-28-20-4-2-3-19(14-20)23(16-24)9-11-27-12-10-23/h2-8,13-14H,9-12,15H2,1H3. The number of fused-ring (bicyclic) bond motifs is 1. The Labute approximate surface area is 163 Å². The summed E-state index contributed by atoms with van der Waals surface area (Å²) < 4.78 is 13.1. The van der Waals surface area contributed by atoms with E-state index in [1.807, 2.05) is 48.5 Å². The predicted molar refractivity (Wildman–Crippen MR) is 107 cm³/mol. The minimum Gasteiger partial charge on any atom is -0.489 e. The number of benzene rings is 2. The Balaban J connectivity index is 1.54. The summed E-state index contributed by atoms with van der Waals surface area (Å²) in [4.78, 5) is 11.7. The minimum absolute atomic E-state index is 0.0205. The highest BCUT2D eigenvalue weighted by Crippen LogP contribution is 2.35. The second-order valence-electron chi connectivity index (χ2n) is 7.25. The molecule has 0 N–H and O–H groups in total. The number of nitriles is 1. The van der Waals surface area contributed by atoms with Gasteiger partial charge in [0.1, 0.15) is 12.4 Å². The van der Waals surface area contributed by atoms with E-state index in [0.717, 1.165) is 27.8 Å². The highest BCUT2D eigenvalue weighted by molar-refractivity contribution is 5.79. The molecule has 0 aliphatic carbocycles. The summed E-state index contributed by atoms with van der Waals surface area (Å²) in [6, 6.07) is 19.7. The fourth-order valence-electron chi connectivity index (χ4n) is 3.76. The number of nitrogens with zero attached hydrogens (tertiary/aromatic N) is 2. The maximum atomic E-state index is 11.7. The molecule has 1 fully saturated rings. The van der Waals surface area contributed by atoms with Crippen LogP contribution in [0.2, 0.25) is 0 Å². The van der Waals surface area contributed by atoms with Gasteiger partial charge in [0.15, 0.2) is 0 Å². The Morgan fingerprint density at radius 3 is 2.75 bits per heavy atom. The molecule has 0 saturated carbocycles. The molecule has 3 aromatic rings. The van der Waals surface area contributed by atoms with Crippen LogP contribution in [0.1, 0.15) is 24.0 Å². The van der Waals surface area contributed by atoms with Crippen LogP contribution in [0.3, 0.4) is 0 Å². The van der Waals surface area contributed by atoms with Crippen molar-refractivity contribution in [3.05, 3.63) is 76.1 Å². The van der Waals surface area contributed by atoms with Crippen LogP contribution in [0, 0.1) is 11.3 Å². The monoisotopic (exact) mass is 374 g/mol.